The number of ether oxygens (including phenoxy) is 1. The van der Waals surface area contributed by atoms with E-state index >= 15 is 0 Å². The van der Waals surface area contributed by atoms with Gasteiger partial charge in [-0.3, -0.25) is 0 Å². The third-order valence-electron chi connectivity index (χ3n) is 2.74. The molecule has 1 nitrogen and oxygen atoms in total. The summed E-state index contributed by atoms with van der Waals surface area (Å²) in [5.74, 6) is 0.719. The van der Waals surface area contributed by atoms with E-state index in [-0.39, 0.29) is 0 Å². The number of benzene rings is 1. The number of hydrogen-bond acceptors (Lipinski definition) is 1. The van der Waals surface area contributed by atoms with Gasteiger partial charge in [0, 0.05) is 11.1 Å². The Morgan fingerprint density at radius 1 is 1.07 bits per heavy atom. The lowest BCUT2D eigenvalue weighted by atomic mass is 9.98. The van der Waals surface area contributed by atoms with Gasteiger partial charge in [0.1, 0.15) is 5.75 Å². The Bertz CT molecular complexity index is 332. The lowest BCUT2D eigenvalue weighted by molar-refractivity contribution is 0.155. The topological polar surface area (TPSA) is 9.23 Å². The maximum absolute atomic E-state index is 6.03. The van der Waals surface area contributed by atoms with Gasteiger partial charge in [-0.15, -0.1) is 0 Å². The van der Waals surface area contributed by atoms with Crippen LogP contribution >= 0.6 is 23.2 Å². The first-order valence-corrected chi connectivity index (χ1v) is 6.13. The van der Waals surface area contributed by atoms with Crippen LogP contribution in [-0.2, 0) is 0 Å². The van der Waals surface area contributed by atoms with E-state index in [1.54, 1.807) is 18.2 Å². The van der Waals surface area contributed by atoms with Crippen LogP contribution in [0.5, 0.6) is 5.75 Å². The van der Waals surface area contributed by atoms with E-state index in [4.69, 9.17) is 27.9 Å². The zero-order chi connectivity index (χ0) is 10.7. The normalized spacial score (nSPS) is 17.7. The van der Waals surface area contributed by atoms with Crippen molar-refractivity contribution in [3.8, 4) is 5.75 Å². The monoisotopic (exact) mass is 244 g/mol. The minimum absolute atomic E-state index is 0.315. The second kappa shape index (κ2) is 5.09. The summed E-state index contributed by atoms with van der Waals surface area (Å²) >= 11 is 11.9. The molecule has 0 amide bonds. The summed E-state index contributed by atoms with van der Waals surface area (Å²) in [4.78, 5) is 0. The second-order valence-corrected chi connectivity index (χ2v) is 4.80. The molecule has 0 aromatic heterocycles. The molecule has 0 atom stereocenters. The van der Waals surface area contributed by atoms with Crippen LogP contribution in [0.1, 0.15) is 32.1 Å². The van der Waals surface area contributed by atoms with Gasteiger partial charge in [-0.05, 0) is 37.8 Å². The molecule has 0 saturated heterocycles. The molecule has 0 N–H and O–H groups in total. The zero-order valence-corrected chi connectivity index (χ0v) is 10.0. The van der Waals surface area contributed by atoms with E-state index in [0.717, 1.165) is 18.6 Å². The highest BCUT2D eigenvalue weighted by Gasteiger charge is 2.16. The van der Waals surface area contributed by atoms with Crippen molar-refractivity contribution in [2.75, 3.05) is 0 Å². The predicted octanol–water partition coefficient (Wildman–Crippen LogP) is 4.70. The summed E-state index contributed by atoms with van der Waals surface area (Å²) in [5.41, 5.74) is 0. The zero-order valence-electron chi connectivity index (χ0n) is 8.51. The van der Waals surface area contributed by atoms with Crippen molar-refractivity contribution in [2.45, 2.75) is 38.2 Å². The fourth-order valence-electron chi connectivity index (χ4n) is 1.93. The quantitative estimate of drug-likeness (QED) is 0.733. The van der Waals surface area contributed by atoms with Crippen molar-refractivity contribution in [3.05, 3.63) is 28.2 Å². The van der Waals surface area contributed by atoms with E-state index in [2.05, 4.69) is 0 Å². The van der Waals surface area contributed by atoms with Gasteiger partial charge < -0.3 is 4.74 Å². The summed E-state index contributed by atoms with van der Waals surface area (Å²) in [6.45, 7) is 0. The van der Waals surface area contributed by atoms with Crippen LogP contribution in [0.15, 0.2) is 18.2 Å². The molecule has 0 aliphatic heterocycles. The highest BCUT2D eigenvalue weighted by atomic mass is 35.5. The van der Waals surface area contributed by atoms with Gasteiger partial charge in [0.2, 0.25) is 0 Å². The Labute approximate surface area is 100 Å². The summed E-state index contributed by atoms with van der Waals surface area (Å²) in [6, 6.07) is 5.35. The second-order valence-electron chi connectivity index (χ2n) is 3.95. The average Bonchev–Trinajstić information content (AvgIpc) is 2.25. The lowest BCUT2D eigenvalue weighted by Crippen LogP contribution is -2.19. The SMILES string of the molecule is Clc1ccc(Cl)c(OC2CCCCC2)c1. The third kappa shape index (κ3) is 3.02. The Kier molecular flexibility index (Phi) is 3.76. The van der Waals surface area contributed by atoms with Crippen molar-refractivity contribution >= 4 is 23.2 Å². The summed E-state index contributed by atoms with van der Waals surface area (Å²) < 4.78 is 5.85. The summed E-state index contributed by atoms with van der Waals surface area (Å²) in [6.07, 6.45) is 6.40. The first-order valence-electron chi connectivity index (χ1n) is 5.37. The third-order valence-corrected chi connectivity index (χ3v) is 3.29. The molecule has 82 valence electrons. The summed E-state index contributed by atoms with van der Waals surface area (Å²) in [7, 11) is 0. The molecule has 1 aliphatic carbocycles. The van der Waals surface area contributed by atoms with Crippen LogP contribution in [-0.4, -0.2) is 6.10 Å². The smallest absolute Gasteiger partial charge is 0.139 e. The predicted molar refractivity (Wildman–Crippen MR) is 64.0 cm³/mol. The Balaban J connectivity index is 2.05. The Morgan fingerprint density at radius 3 is 2.53 bits per heavy atom. The average molecular weight is 245 g/mol. The molecular formula is C12H14Cl2O. The van der Waals surface area contributed by atoms with Gasteiger partial charge in [0.05, 0.1) is 11.1 Å². The lowest BCUT2D eigenvalue weighted by Gasteiger charge is -2.23. The van der Waals surface area contributed by atoms with Crippen LogP contribution in [0.3, 0.4) is 0 Å². The van der Waals surface area contributed by atoms with Crippen molar-refractivity contribution in [3.63, 3.8) is 0 Å². The molecule has 1 saturated carbocycles. The largest absolute Gasteiger partial charge is 0.489 e. The Hall–Kier alpha value is -0.400. The van der Waals surface area contributed by atoms with Gasteiger partial charge in [0.15, 0.2) is 0 Å². The molecule has 0 bridgehead atoms. The van der Waals surface area contributed by atoms with Gasteiger partial charge >= 0.3 is 0 Å². The van der Waals surface area contributed by atoms with Gasteiger partial charge in [-0.25, -0.2) is 0 Å². The van der Waals surface area contributed by atoms with Gasteiger partial charge in [-0.1, -0.05) is 29.6 Å². The van der Waals surface area contributed by atoms with E-state index in [0.29, 0.717) is 16.1 Å². The van der Waals surface area contributed by atoms with Crippen molar-refractivity contribution in [1.82, 2.24) is 0 Å². The molecule has 2 rings (SSSR count). The first kappa shape index (κ1) is 11.1. The number of rotatable bonds is 2. The fourth-order valence-corrected chi connectivity index (χ4v) is 2.25. The van der Waals surface area contributed by atoms with Gasteiger partial charge in [0.25, 0.3) is 0 Å². The molecule has 0 unspecified atom stereocenters. The van der Waals surface area contributed by atoms with Gasteiger partial charge in [-0.2, -0.15) is 0 Å². The molecule has 1 fully saturated rings. The van der Waals surface area contributed by atoms with E-state index < -0.39 is 0 Å². The minimum atomic E-state index is 0.315. The molecule has 0 heterocycles. The molecule has 0 radical (unpaired) electrons. The summed E-state index contributed by atoms with van der Waals surface area (Å²) in [5, 5.41) is 1.31. The molecule has 15 heavy (non-hydrogen) atoms. The molecule has 3 heteroatoms. The maximum atomic E-state index is 6.03. The molecule has 1 aromatic carbocycles. The van der Waals surface area contributed by atoms with Crippen LogP contribution < -0.4 is 4.74 Å². The number of hydrogen-bond donors (Lipinski definition) is 0. The highest BCUT2D eigenvalue weighted by molar-refractivity contribution is 6.34. The van der Waals surface area contributed by atoms with Crippen LogP contribution in [0, 0.1) is 0 Å². The first-order chi connectivity index (χ1) is 7.25. The van der Waals surface area contributed by atoms with E-state index in [9.17, 15) is 0 Å². The van der Waals surface area contributed by atoms with Crippen LogP contribution in [0.4, 0.5) is 0 Å². The minimum Gasteiger partial charge on any atom is -0.489 e. The molecule has 1 aromatic rings. The maximum Gasteiger partial charge on any atom is 0.139 e. The molecule has 1 aliphatic rings. The van der Waals surface area contributed by atoms with Crippen molar-refractivity contribution in [2.24, 2.45) is 0 Å². The van der Waals surface area contributed by atoms with Crippen LogP contribution in [0.2, 0.25) is 10.0 Å². The van der Waals surface area contributed by atoms with E-state index in [1.807, 2.05) is 0 Å². The van der Waals surface area contributed by atoms with Crippen LogP contribution in [0.25, 0.3) is 0 Å². The number of halogens is 2. The Morgan fingerprint density at radius 2 is 1.80 bits per heavy atom. The highest BCUT2D eigenvalue weighted by Crippen LogP contribution is 2.31. The van der Waals surface area contributed by atoms with Crippen molar-refractivity contribution in [1.29, 1.82) is 0 Å². The molecule has 0 spiro atoms. The fraction of sp³-hybridized carbons (Fsp3) is 0.500. The van der Waals surface area contributed by atoms with E-state index in [1.165, 1.54) is 19.3 Å². The standard InChI is InChI=1S/C12H14Cl2O/c13-9-6-7-11(14)12(8-9)15-10-4-2-1-3-5-10/h6-8,10H,1-5H2. The molecular weight excluding hydrogens is 231 g/mol. The van der Waals surface area contributed by atoms with Crippen molar-refractivity contribution < 1.29 is 4.74 Å².